The topological polar surface area (TPSA) is 78.4 Å². The van der Waals surface area contributed by atoms with Crippen LogP contribution in [0, 0.1) is 11.6 Å². The number of anilines is 1. The maximum absolute atomic E-state index is 13.1. The second kappa shape index (κ2) is 8.59. The molecular formula is C17H16F2N2O3S. The van der Waals surface area contributed by atoms with Gasteiger partial charge in [0, 0.05) is 23.2 Å². The van der Waals surface area contributed by atoms with E-state index in [1.165, 1.54) is 0 Å². The highest BCUT2D eigenvalue weighted by molar-refractivity contribution is 7.98. The van der Waals surface area contributed by atoms with Crippen molar-refractivity contribution in [2.75, 3.05) is 18.1 Å². The lowest BCUT2D eigenvalue weighted by Gasteiger charge is -2.12. The third kappa shape index (κ3) is 5.27. The molecular weight excluding hydrogens is 350 g/mol. The smallest absolute Gasteiger partial charge is 0.313 e. The minimum Gasteiger partial charge on any atom is -0.387 e. The van der Waals surface area contributed by atoms with E-state index >= 15 is 0 Å². The van der Waals surface area contributed by atoms with E-state index in [-0.39, 0.29) is 12.2 Å². The Morgan fingerprint density at radius 3 is 2.36 bits per heavy atom. The maximum Gasteiger partial charge on any atom is 0.313 e. The number of hydrogen-bond acceptors (Lipinski definition) is 4. The summed E-state index contributed by atoms with van der Waals surface area (Å²) in [5.74, 6) is -4.24. The molecule has 132 valence electrons. The Morgan fingerprint density at radius 1 is 1.08 bits per heavy atom. The summed E-state index contributed by atoms with van der Waals surface area (Å²) in [5.41, 5.74) is 0.548. The van der Waals surface area contributed by atoms with Crippen molar-refractivity contribution < 1.29 is 23.5 Å². The van der Waals surface area contributed by atoms with Gasteiger partial charge in [-0.1, -0.05) is 12.1 Å². The van der Waals surface area contributed by atoms with Crippen LogP contribution in [-0.2, 0) is 9.59 Å². The minimum atomic E-state index is -1.14. The first kappa shape index (κ1) is 18.9. The molecule has 0 aromatic heterocycles. The summed E-state index contributed by atoms with van der Waals surface area (Å²) in [6.45, 7) is -0.164. The largest absolute Gasteiger partial charge is 0.387 e. The fraction of sp³-hybridized carbons (Fsp3) is 0.176. The number of aliphatic hydroxyl groups excluding tert-OH is 1. The highest BCUT2D eigenvalue weighted by Gasteiger charge is 2.16. The quantitative estimate of drug-likeness (QED) is 0.561. The maximum atomic E-state index is 13.1. The van der Waals surface area contributed by atoms with Crippen molar-refractivity contribution in [1.82, 2.24) is 5.32 Å². The average Bonchev–Trinajstić information content (AvgIpc) is 2.62. The van der Waals surface area contributed by atoms with Gasteiger partial charge in [-0.25, -0.2) is 8.78 Å². The predicted molar refractivity (Wildman–Crippen MR) is 91.2 cm³/mol. The molecule has 2 rings (SSSR count). The van der Waals surface area contributed by atoms with E-state index in [4.69, 9.17) is 0 Å². The number of hydrogen-bond donors (Lipinski definition) is 3. The van der Waals surface area contributed by atoms with Crippen molar-refractivity contribution in [3.63, 3.8) is 0 Å². The van der Waals surface area contributed by atoms with Crippen LogP contribution in [0.15, 0.2) is 47.4 Å². The zero-order chi connectivity index (χ0) is 18.4. The van der Waals surface area contributed by atoms with Gasteiger partial charge in [-0.05, 0) is 36.1 Å². The molecule has 0 radical (unpaired) electrons. The molecule has 0 aliphatic heterocycles. The van der Waals surface area contributed by atoms with Crippen molar-refractivity contribution in [2.45, 2.75) is 11.0 Å². The Morgan fingerprint density at radius 2 is 1.76 bits per heavy atom. The second-order valence-electron chi connectivity index (χ2n) is 5.08. The molecule has 0 aliphatic carbocycles. The summed E-state index contributed by atoms with van der Waals surface area (Å²) in [4.78, 5) is 24.5. The predicted octanol–water partition coefficient (Wildman–Crippen LogP) is 2.48. The van der Waals surface area contributed by atoms with Gasteiger partial charge in [0.2, 0.25) is 0 Å². The number of thioether (sulfide) groups is 1. The third-order valence-electron chi connectivity index (χ3n) is 3.34. The van der Waals surface area contributed by atoms with Crippen LogP contribution in [-0.4, -0.2) is 29.7 Å². The first-order valence-electron chi connectivity index (χ1n) is 7.27. The number of halogens is 2. The zero-order valence-corrected chi connectivity index (χ0v) is 14.1. The molecule has 0 spiro atoms. The first-order chi connectivity index (χ1) is 11.9. The number of carbonyl (C=O) groups is 2. The molecule has 25 heavy (non-hydrogen) atoms. The van der Waals surface area contributed by atoms with Crippen LogP contribution in [0.3, 0.4) is 0 Å². The molecule has 1 unspecified atom stereocenters. The molecule has 5 nitrogen and oxygen atoms in total. The van der Waals surface area contributed by atoms with E-state index < -0.39 is 29.6 Å². The van der Waals surface area contributed by atoms with E-state index in [1.54, 1.807) is 23.9 Å². The van der Waals surface area contributed by atoms with Crippen LogP contribution >= 0.6 is 11.8 Å². The number of nitrogens with one attached hydrogen (secondary N) is 2. The molecule has 0 bridgehead atoms. The normalized spacial score (nSPS) is 11.7. The number of benzene rings is 2. The molecule has 2 amide bonds. The minimum absolute atomic E-state index is 0.0488. The van der Waals surface area contributed by atoms with Gasteiger partial charge in [0.15, 0.2) is 11.6 Å². The van der Waals surface area contributed by atoms with Gasteiger partial charge in [0.25, 0.3) is 0 Å². The SMILES string of the molecule is CSc1ccc(C(O)CNC(=O)C(=O)Nc2ccc(F)c(F)c2)cc1. The Hall–Kier alpha value is -2.45. The molecule has 0 aliphatic rings. The van der Waals surface area contributed by atoms with Crippen molar-refractivity contribution in [1.29, 1.82) is 0 Å². The number of aliphatic hydroxyl groups is 1. The van der Waals surface area contributed by atoms with Gasteiger partial charge in [0.05, 0.1) is 6.10 Å². The van der Waals surface area contributed by atoms with Crippen LogP contribution in [0.2, 0.25) is 0 Å². The Kier molecular flexibility index (Phi) is 6.49. The van der Waals surface area contributed by atoms with E-state index in [2.05, 4.69) is 10.6 Å². The van der Waals surface area contributed by atoms with Crippen LogP contribution < -0.4 is 10.6 Å². The van der Waals surface area contributed by atoms with Crippen LogP contribution in [0.25, 0.3) is 0 Å². The van der Waals surface area contributed by atoms with Gasteiger partial charge in [-0.15, -0.1) is 11.8 Å². The molecule has 0 heterocycles. The van der Waals surface area contributed by atoms with E-state index in [0.717, 1.165) is 23.1 Å². The average molecular weight is 366 g/mol. The molecule has 8 heteroatoms. The van der Waals surface area contributed by atoms with Crippen molar-refractivity contribution >= 4 is 29.3 Å². The molecule has 3 N–H and O–H groups in total. The summed E-state index contributed by atoms with van der Waals surface area (Å²) >= 11 is 1.56. The summed E-state index contributed by atoms with van der Waals surface area (Å²) in [5, 5.41) is 14.5. The second-order valence-corrected chi connectivity index (χ2v) is 5.96. The molecule has 0 fully saturated rings. The van der Waals surface area contributed by atoms with Gasteiger partial charge in [0.1, 0.15) is 0 Å². The first-order valence-corrected chi connectivity index (χ1v) is 8.49. The lowest BCUT2D eigenvalue weighted by atomic mass is 10.1. The molecule has 2 aromatic rings. The van der Waals surface area contributed by atoms with Crippen LogP contribution in [0.4, 0.5) is 14.5 Å². The Bertz CT molecular complexity index is 769. The van der Waals surface area contributed by atoms with Crippen molar-refractivity contribution in [2.24, 2.45) is 0 Å². The fourth-order valence-corrected chi connectivity index (χ4v) is 2.38. The highest BCUT2D eigenvalue weighted by atomic mass is 32.2. The molecule has 1 atom stereocenters. The van der Waals surface area contributed by atoms with E-state index in [1.807, 2.05) is 18.4 Å². The molecule has 0 saturated heterocycles. The van der Waals surface area contributed by atoms with Crippen LogP contribution in [0.1, 0.15) is 11.7 Å². The Labute approximate surface area is 147 Å². The van der Waals surface area contributed by atoms with Crippen LogP contribution in [0.5, 0.6) is 0 Å². The lowest BCUT2D eigenvalue weighted by molar-refractivity contribution is -0.136. The summed E-state index contributed by atoms with van der Waals surface area (Å²) < 4.78 is 25.9. The van der Waals surface area contributed by atoms with Crippen molar-refractivity contribution in [3.05, 3.63) is 59.7 Å². The number of rotatable bonds is 5. The standard InChI is InChI=1S/C17H16F2N2O3S/c1-25-12-5-2-10(3-6-12)15(22)9-20-16(23)17(24)21-11-4-7-13(18)14(19)8-11/h2-8,15,22H,9H2,1H3,(H,20,23)(H,21,24). The highest BCUT2D eigenvalue weighted by Crippen LogP contribution is 2.18. The Balaban J connectivity index is 1.87. The third-order valence-corrected chi connectivity index (χ3v) is 4.08. The van der Waals surface area contributed by atoms with Gasteiger partial charge < -0.3 is 15.7 Å². The monoisotopic (exact) mass is 366 g/mol. The summed E-state index contributed by atoms with van der Waals surface area (Å²) in [6, 6.07) is 9.86. The molecule has 0 saturated carbocycles. The summed E-state index contributed by atoms with van der Waals surface area (Å²) in [6.07, 6.45) is 0.952. The van der Waals surface area contributed by atoms with E-state index in [0.29, 0.717) is 5.56 Å². The van der Waals surface area contributed by atoms with Crippen molar-refractivity contribution in [3.8, 4) is 0 Å². The number of amides is 2. The zero-order valence-electron chi connectivity index (χ0n) is 13.3. The van der Waals surface area contributed by atoms with Gasteiger partial charge in [-0.3, -0.25) is 9.59 Å². The van der Waals surface area contributed by atoms with Gasteiger partial charge in [-0.2, -0.15) is 0 Å². The number of carbonyl (C=O) groups excluding carboxylic acids is 2. The van der Waals surface area contributed by atoms with E-state index in [9.17, 15) is 23.5 Å². The summed E-state index contributed by atoms with van der Waals surface area (Å²) in [7, 11) is 0. The molecule has 2 aromatic carbocycles. The lowest BCUT2D eigenvalue weighted by Crippen LogP contribution is -2.37. The van der Waals surface area contributed by atoms with Gasteiger partial charge >= 0.3 is 11.8 Å². The fourth-order valence-electron chi connectivity index (χ4n) is 1.98.